The summed E-state index contributed by atoms with van der Waals surface area (Å²) >= 11 is 1.09. The van der Waals surface area contributed by atoms with Crippen molar-refractivity contribution in [3.05, 3.63) is 52.1 Å². The number of carbonyl (C=O) groups excluding carboxylic acids is 1. The number of nitrogens with zero attached hydrogens (tertiary/aromatic N) is 2. The molecule has 1 amide bonds. The fourth-order valence-electron chi connectivity index (χ4n) is 3.09. The molecule has 0 spiro atoms. The summed E-state index contributed by atoms with van der Waals surface area (Å²) in [7, 11) is -1.88. The number of para-hydroxylation sites is 2. The van der Waals surface area contributed by atoms with E-state index in [1.54, 1.807) is 49.5 Å². The van der Waals surface area contributed by atoms with E-state index < -0.39 is 22.0 Å². The molecule has 146 valence electrons. The molecule has 4 rings (SSSR count). The third-order valence-electron chi connectivity index (χ3n) is 4.49. The van der Waals surface area contributed by atoms with E-state index in [-0.39, 0.29) is 11.4 Å². The van der Waals surface area contributed by atoms with E-state index in [0.717, 1.165) is 27.8 Å². The van der Waals surface area contributed by atoms with Crippen molar-refractivity contribution < 1.29 is 17.9 Å². The number of hydrogen-bond donors (Lipinski definition) is 1. The topological polar surface area (TPSA) is 97.7 Å². The van der Waals surface area contributed by atoms with Crippen LogP contribution in [-0.2, 0) is 21.9 Å². The van der Waals surface area contributed by atoms with Crippen molar-refractivity contribution in [2.75, 3.05) is 22.4 Å². The molecule has 1 atom stereocenters. The molecule has 0 fully saturated rings. The number of sulfonamides is 1. The Kier molecular flexibility index (Phi) is 4.39. The fraction of sp³-hybridized carbons (Fsp3) is 0.222. The molecule has 3 aromatic rings. The van der Waals surface area contributed by atoms with Gasteiger partial charge in [-0.2, -0.15) is 0 Å². The van der Waals surface area contributed by atoms with Crippen LogP contribution in [0.15, 0.2) is 47.3 Å². The highest BCUT2D eigenvalue weighted by atomic mass is 32.2. The smallest absolute Gasteiger partial charge is 0.307 e. The molecule has 8 nitrogen and oxygen atoms in total. The van der Waals surface area contributed by atoms with Gasteiger partial charge in [0, 0.05) is 12.7 Å². The molecule has 1 N–H and O–H groups in total. The van der Waals surface area contributed by atoms with Crippen LogP contribution >= 0.6 is 11.3 Å². The summed E-state index contributed by atoms with van der Waals surface area (Å²) in [5.74, 6) is -0.137. The number of thiazole rings is 1. The maximum Gasteiger partial charge on any atom is 0.307 e. The molecule has 1 aliphatic heterocycles. The van der Waals surface area contributed by atoms with Crippen LogP contribution in [0.3, 0.4) is 0 Å². The van der Waals surface area contributed by atoms with Gasteiger partial charge >= 0.3 is 4.87 Å². The lowest BCUT2D eigenvalue weighted by Crippen LogP contribution is -2.48. The summed E-state index contributed by atoms with van der Waals surface area (Å²) in [6, 6.07) is 11.8. The average Bonchev–Trinajstić information content (AvgIpc) is 2.93. The Balaban J connectivity index is 1.61. The van der Waals surface area contributed by atoms with Gasteiger partial charge in [-0.15, -0.1) is 0 Å². The molecular formula is C18H17N3O5S2. The standard InChI is InChI=1S/C18H17N3O5S2/c1-20-13-8-7-11(9-16(13)27-18(20)23)19-17(22)15-10-21(28(2,24)25)12-5-3-4-6-14(12)26-15/h3-9,15H,10H2,1-2H3,(H,19,22)/t15-/m1/s1. The van der Waals surface area contributed by atoms with Gasteiger partial charge in [-0.25, -0.2) is 8.42 Å². The summed E-state index contributed by atoms with van der Waals surface area (Å²) in [6.45, 7) is -0.122. The lowest BCUT2D eigenvalue weighted by Gasteiger charge is -2.33. The first-order chi connectivity index (χ1) is 13.2. The van der Waals surface area contributed by atoms with Crippen molar-refractivity contribution in [2.45, 2.75) is 6.10 Å². The zero-order valence-corrected chi connectivity index (χ0v) is 16.7. The molecule has 0 unspecified atom stereocenters. The number of ether oxygens (including phenoxy) is 1. The average molecular weight is 419 g/mol. The lowest BCUT2D eigenvalue weighted by atomic mass is 10.2. The number of nitrogens with one attached hydrogen (secondary N) is 1. The molecule has 0 saturated heterocycles. The van der Waals surface area contributed by atoms with E-state index in [4.69, 9.17) is 4.74 Å². The highest BCUT2D eigenvalue weighted by Gasteiger charge is 2.34. The highest BCUT2D eigenvalue weighted by molar-refractivity contribution is 7.92. The van der Waals surface area contributed by atoms with E-state index in [0.29, 0.717) is 17.1 Å². The fourth-order valence-corrected chi connectivity index (χ4v) is 4.92. The maximum atomic E-state index is 12.7. The number of hydrogen-bond acceptors (Lipinski definition) is 6. The largest absolute Gasteiger partial charge is 0.476 e. The van der Waals surface area contributed by atoms with Gasteiger partial charge in [0.05, 0.1) is 28.7 Å². The third kappa shape index (κ3) is 3.25. The van der Waals surface area contributed by atoms with Crippen LogP contribution in [0, 0.1) is 0 Å². The van der Waals surface area contributed by atoms with E-state index in [1.165, 1.54) is 8.87 Å². The molecule has 10 heteroatoms. The SMILES string of the molecule is Cn1c(=O)sc2cc(NC(=O)[C@H]3CN(S(C)(=O)=O)c4ccccc4O3)ccc21. The van der Waals surface area contributed by atoms with E-state index in [9.17, 15) is 18.0 Å². The number of anilines is 2. The molecule has 28 heavy (non-hydrogen) atoms. The second-order valence-corrected chi connectivity index (χ2v) is 9.37. The van der Waals surface area contributed by atoms with Crippen LogP contribution in [0.2, 0.25) is 0 Å². The van der Waals surface area contributed by atoms with Crippen LogP contribution < -0.4 is 19.2 Å². The van der Waals surface area contributed by atoms with Crippen molar-refractivity contribution >= 4 is 48.9 Å². The van der Waals surface area contributed by atoms with Gasteiger partial charge in [0.15, 0.2) is 6.10 Å². The van der Waals surface area contributed by atoms with E-state index in [1.807, 2.05) is 0 Å². The minimum Gasteiger partial charge on any atom is -0.476 e. The first kappa shape index (κ1) is 18.5. The first-order valence-corrected chi connectivity index (χ1v) is 11.0. The van der Waals surface area contributed by atoms with Crippen LogP contribution in [0.1, 0.15) is 0 Å². The minimum atomic E-state index is -3.57. The molecular weight excluding hydrogens is 402 g/mol. The molecule has 0 saturated carbocycles. The number of rotatable bonds is 3. The Labute approximate surface area is 165 Å². The summed E-state index contributed by atoms with van der Waals surface area (Å²) in [5.41, 5.74) is 1.69. The Morgan fingerprint density at radius 2 is 2.00 bits per heavy atom. The maximum absolute atomic E-state index is 12.7. The van der Waals surface area contributed by atoms with E-state index in [2.05, 4.69) is 5.32 Å². The van der Waals surface area contributed by atoms with Crippen LogP contribution in [0.5, 0.6) is 5.75 Å². The predicted octanol–water partition coefficient (Wildman–Crippen LogP) is 1.77. The van der Waals surface area contributed by atoms with Crippen molar-refractivity contribution in [3.63, 3.8) is 0 Å². The molecule has 2 aromatic carbocycles. The van der Waals surface area contributed by atoms with Gasteiger partial charge in [-0.3, -0.25) is 13.9 Å². The zero-order valence-electron chi connectivity index (χ0n) is 15.1. The highest BCUT2D eigenvalue weighted by Crippen LogP contribution is 2.34. The molecule has 0 aliphatic carbocycles. The number of carbonyl (C=O) groups is 1. The van der Waals surface area contributed by atoms with Crippen molar-refractivity contribution in [3.8, 4) is 5.75 Å². The Morgan fingerprint density at radius 3 is 2.75 bits per heavy atom. The van der Waals surface area contributed by atoms with Gasteiger partial charge in [-0.1, -0.05) is 23.5 Å². The third-order valence-corrected chi connectivity index (χ3v) is 6.63. The van der Waals surface area contributed by atoms with Gasteiger partial charge < -0.3 is 14.6 Å². The molecule has 1 aliphatic rings. The Bertz CT molecular complexity index is 1250. The molecule has 0 radical (unpaired) electrons. The molecule has 2 heterocycles. The molecule has 1 aromatic heterocycles. The minimum absolute atomic E-state index is 0.0884. The van der Waals surface area contributed by atoms with Gasteiger partial charge in [0.2, 0.25) is 10.0 Å². The van der Waals surface area contributed by atoms with Crippen molar-refractivity contribution in [2.24, 2.45) is 7.05 Å². The second-order valence-electron chi connectivity index (χ2n) is 6.47. The molecule has 0 bridgehead atoms. The zero-order chi connectivity index (χ0) is 20.1. The first-order valence-electron chi connectivity index (χ1n) is 8.38. The quantitative estimate of drug-likeness (QED) is 0.698. The predicted molar refractivity (Wildman–Crippen MR) is 109 cm³/mol. The van der Waals surface area contributed by atoms with Gasteiger partial charge in [-0.05, 0) is 30.3 Å². The monoisotopic (exact) mass is 419 g/mol. The number of aromatic nitrogens is 1. The number of aryl methyl sites for hydroxylation is 1. The Morgan fingerprint density at radius 1 is 1.25 bits per heavy atom. The lowest BCUT2D eigenvalue weighted by molar-refractivity contribution is -0.122. The van der Waals surface area contributed by atoms with Crippen molar-refractivity contribution in [1.29, 1.82) is 0 Å². The number of fused-ring (bicyclic) bond motifs is 2. The van der Waals surface area contributed by atoms with Crippen LogP contribution in [0.4, 0.5) is 11.4 Å². The summed E-state index contributed by atoms with van der Waals surface area (Å²) in [6.07, 6.45) is 0.0878. The number of benzene rings is 2. The van der Waals surface area contributed by atoms with E-state index >= 15 is 0 Å². The Hall–Kier alpha value is -2.85. The van der Waals surface area contributed by atoms with Gasteiger partial charge in [0.1, 0.15) is 5.75 Å². The number of amides is 1. The summed E-state index contributed by atoms with van der Waals surface area (Å²) in [5, 5.41) is 2.75. The van der Waals surface area contributed by atoms with Crippen molar-refractivity contribution in [1.82, 2.24) is 4.57 Å². The summed E-state index contributed by atoms with van der Waals surface area (Å²) < 4.78 is 33.5. The second kappa shape index (κ2) is 6.64. The van der Waals surface area contributed by atoms with Gasteiger partial charge in [0.25, 0.3) is 5.91 Å². The van der Waals surface area contributed by atoms with Crippen LogP contribution in [0.25, 0.3) is 10.2 Å². The summed E-state index contributed by atoms with van der Waals surface area (Å²) in [4.78, 5) is 24.4. The normalized spacial score (nSPS) is 16.5. The van der Waals surface area contributed by atoms with Crippen LogP contribution in [-0.4, -0.2) is 37.8 Å².